The minimum atomic E-state index is 0.145. The maximum Gasteiger partial charge on any atom is 0.191 e. The molecule has 2 aromatic carbocycles. The summed E-state index contributed by atoms with van der Waals surface area (Å²) in [5.41, 5.74) is 3.92. The predicted octanol–water partition coefficient (Wildman–Crippen LogP) is 4.02. The van der Waals surface area contributed by atoms with Crippen LogP contribution in [0.15, 0.2) is 47.6 Å². The molecule has 3 N–H and O–H groups in total. The SMILES string of the molecule is Oc1ccccc1/C=N/NC(=S)Nc1ccc(Cl)c(Cl)c1. The summed E-state index contributed by atoms with van der Waals surface area (Å²) in [4.78, 5) is 0. The average Bonchev–Trinajstić information content (AvgIpc) is 2.45. The van der Waals surface area contributed by atoms with Crippen LogP contribution in [0.4, 0.5) is 5.69 Å². The molecule has 21 heavy (non-hydrogen) atoms. The molecule has 0 saturated heterocycles. The van der Waals surface area contributed by atoms with Gasteiger partial charge in [0.2, 0.25) is 0 Å². The van der Waals surface area contributed by atoms with E-state index in [0.29, 0.717) is 26.4 Å². The van der Waals surface area contributed by atoms with Crippen molar-refractivity contribution < 1.29 is 5.11 Å². The largest absolute Gasteiger partial charge is 0.507 e. The zero-order chi connectivity index (χ0) is 15.2. The van der Waals surface area contributed by atoms with Gasteiger partial charge in [-0.1, -0.05) is 35.3 Å². The third-order valence-corrected chi connectivity index (χ3v) is 3.42. The molecule has 0 aromatic heterocycles. The number of phenols is 1. The van der Waals surface area contributed by atoms with E-state index in [-0.39, 0.29) is 5.75 Å². The van der Waals surface area contributed by atoms with Crippen LogP contribution in [-0.2, 0) is 0 Å². The van der Waals surface area contributed by atoms with Gasteiger partial charge in [-0.15, -0.1) is 0 Å². The average molecular weight is 340 g/mol. The van der Waals surface area contributed by atoms with Gasteiger partial charge in [0.25, 0.3) is 0 Å². The van der Waals surface area contributed by atoms with E-state index >= 15 is 0 Å². The number of para-hydroxylation sites is 1. The highest BCUT2D eigenvalue weighted by Crippen LogP contribution is 2.24. The molecule has 2 rings (SSSR count). The predicted molar refractivity (Wildman–Crippen MR) is 91.5 cm³/mol. The van der Waals surface area contributed by atoms with Crippen molar-refractivity contribution in [1.29, 1.82) is 0 Å². The van der Waals surface area contributed by atoms with E-state index in [1.807, 2.05) is 0 Å². The smallest absolute Gasteiger partial charge is 0.191 e. The molecule has 0 bridgehead atoms. The van der Waals surface area contributed by atoms with Crippen molar-refractivity contribution in [2.75, 3.05) is 5.32 Å². The van der Waals surface area contributed by atoms with E-state index < -0.39 is 0 Å². The third-order valence-electron chi connectivity index (χ3n) is 2.48. The third kappa shape index (κ3) is 4.60. The van der Waals surface area contributed by atoms with Crippen LogP contribution in [0.2, 0.25) is 10.0 Å². The van der Waals surface area contributed by atoms with Crippen molar-refractivity contribution in [2.45, 2.75) is 0 Å². The van der Waals surface area contributed by atoms with Crippen LogP contribution in [0, 0.1) is 0 Å². The zero-order valence-corrected chi connectivity index (χ0v) is 13.0. The Kier molecular flexibility index (Phi) is 5.38. The maximum atomic E-state index is 9.57. The Labute approximate surface area is 137 Å². The molecule has 2 aromatic rings. The number of aromatic hydroxyl groups is 1. The standard InChI is InChI=1S/C14H11Cl2N3OS/c15-11-6-5-10(7-12(11)16)18-14(21)19-17-8-9-3-1-2-4-13(9)20/h1-8,20H,(H2,18,19,21)/b17-8+. The summed E-state index contributed by atoms with van der Waals surface area (Å²) in [7, 11) is 0. The summed E-state index contributed by atoms with van der Waals surface area (Å²) in [6.07, 6.45) is 1.47. The second-order valence-electron chi connectivity index (χ2n) is 4.01. The summed E-state index contributed by atoms with van der Waals surface area (Å²) in [6.45, 7) is 0. The van der Waals surface area contributed by atoms with Crippen molar-refractivity contribution in [3.05, 3.63) is 58.1 Å². The summed E-state index contributed by atoms with van der Waals surface area (Å²) < 4.78 is 0. The first-order valence-electron chi connectivity index (χ1n) is 5.89. The fraction of sp³-hybridized carbons (Fsp3) is 0. The van der Waals surface area contributed by atoms with Gasteiger partial charge in [-0.3, -0.25) is 5.43 Å². The van der Waals surface area contributed by atoms with Gasteiger partial charge in [-0.05, 0) is 42.5 Å². The lowest BCUT2D eigenvalue weighted by molar-refractivity contribution is 0.474. The molecular formula is C14H11Cl2N3OS. The maximum absolute atomic E-state index is 9.57. The number of anilines is 1. The highest BCUT2D eigenvalue weighted by atomic mass is 35.5. The van der Waals surface area contributed by atoms with E-state index in [1.54, 1.807) is 42.5 Å². The van der Waals surface area contributed by atoms with Crippen LogP contribution in [0.25, 0.3) is 0 Å². The number of hydrazone groups is 1. The number of nitrogens with one attached hydrogen (secondary N) is 2. The molecule has 0 radical (unpaired) electrons. The fourth-order valence-corrected chi connectivity index (χ4v) is 1.96. The van der Waals surface area contributed by atoms with Gasteiger partial charge in [0, 0.05) is 11.3 Å². The molecule has 0 fully saturated rings. The molecule has 7 heteroatoms. The topological polar surface area (TPSA) is 56.7 Å². The van der Waals surface area contributed by atoms with E-state index in [1.165, 1.54) is 6.21 Å². The quantitative estimate of drug-likeness (QED) is 0.449. The molecule has 0 aliphatic heterocycles. The number of hydrogen-bond acceptors (Lipinski definition) is 3. The van der Waals surface area contributed by atoms with Crippen LogP contribution in [0.1, 0.15) is 5.56 Å². The Bertz CT molecular complexity index is 692. The van der Waals surface area contributed by atoms with E-state index in [2.05, 4.69) is 15.8 Å². The molecule has 0 atom stereocenters. The zero-order valence-electron chi connectivity index (χ0n) is 10.7. The van der Waals surface area contributed by atoms with Gasteiger partial charge in [-0.2, -0.15) is 5.10 Å². The normalized spacial score (nSPS) is 10.6. The Morgan fingerprint density at radius 2 is 1.90 bits per heavy atom. The van der Waals surface area contributed by atoms with Crippen molar-refractivity contribution in [2.24, 2.45) is 5.10 Å². The number of halogens is 2. The molecule has 0 aliphatic carbocycles. The fourth-order valence-electron chi connectivity index (χ4n) is 1.49. The molecule has 0 amide bonds. The first-order chi connectivity index (χ1) is 10.1. The summed E-state index contributed by atoms with van der Waals surface area (Å²) in [6, 6.07) is 11.9. The Morgan fingerprint density at radius 3 is 2.62 bits per heavy atom. The lowest BCUT2D eigenvalue weighted by Gasteiger charge is -2.07. The second kappa shape index (κ2) is 7.26. The molecule has 0 unspecified atom stereocenters. The van der Waals surface area contributed by atoms with E-state index in [0.717, 1.165) is 0 Å². The number of thiocarbonyl (C=S) groups is 1. The number of benzene rings is 2. The highest BCUT2D eigenvalue weighted by Gasteiger charge is 2.01. The molecular weight excluding hydrogens is 329 g/mol. The van der Waals surface area contributed by atoms with Gasteiger partial charge < -0.3 is 10.4 Å². The van der Waals surface area contributed by atoms with Crippen LogP contribution in [0.3, 0.4) is 0 Å². The van der Waals surface area contributed by atoms with Gasteiger partial charge in [0.1, 0.15) is 5.75 Å². The van der Waals surface area contributed by atoms with Gasteiger partial charge in [0.05, 0.1) is 16.3 Å². The first kappa shape index (κ1) is 15.6. The van der Waals surface area contributed by atoms with Crippen molar-refractivity contribution >= 4 is 52.4 Å². The number of rotatable bonds is 3. The monoisotopic (exact) mass is 339 g/mol. The van der Waals surface area contributed by atoms with Gasteiger partial charge >= 0.3 is 0 Å². The molecule has 0 heterocycles. The highest BCUT2D eigenvalue weighted by molar-refractivity contribution is 7.80. The Morgan fingerprint density at radius 1 is 1.14 bits per heavy atom. The van der Waals surface area contributed by atoms with Crippen LogP contribution in [0.5, 0.6) is 5.75 Å². The lowest BCUT2D eigenvalue weighted by atomic mass is 10.2. The Balaban J connectivity index is 1.93. The lowest BCUT2D eigenvalue weighted by Crippen LogP contribution is -2.23. The summed E-state index contributed by atoms with van der Waals surface area (Å²) in [5, 5.41) is 17.6. The van der Waals surface area contributed by atoms with Crippen molar-refractivity contribution in [3.8, 4) is 5.75 Å². The van der Waals surface area contributed by atoms with Crippen LogP contribution < -0.4 is 10.7 Å². The van der Waals surface area contributed by atoms with E-state index in [4.69, 9.17) is 35.4 Å². The minimum Gasteiger partial charge on any atom is -0.507 e. The number of phenolic OH excluding ortho intramolecular Hbond substituents is 1. The summed E-state index contributed by atoms with van der Waals surface area (Å²) in [5.74, 6) is 0.145. The van der Waals surface area contributed by atoms with Gasteiger partial charge in [-0.25, -0.2) is 0 Å². The second-order valence-corrected chi connectivity index (χ2v) is 5.23. The summed E-state index contributed by atoms with van der Waals surface area (Å²) >= 11 is 16.8. The Hall–Kier alpha value is -1.82. The van der Waals surface area contributed by atoms with Gasteiger partial charge in [0.15, 0.2) is 5.11 Å². The first-order valence-corrected chi connectivity index (χ1v) is 7.06. The number of nitrogens with zero attached hydrogens (tertiary/aromatic N) is 1. The molecule has 0 aliphatic rings. The van der Waals surface area contributed by atoms with Crippen molar-refractivity contribution in [1.82, 2.24) is 5.43 Å². The van der Waals surface area contributed by atoms with Crippen LogP contribution in [-0.4, -0.2) is 16.4 Å². The minimum absolute atomic E-state index is 0.145. The van der Waals surface area contributed by atoms with Crippen LogP contribution >= 0.6 is 35.4 Å². The molecule has 4 nitrogen and oxygen atoms in total. The molecule has 0 saturated carbocycles. The van der Waals surface area contributed by atoms with E-state index in [9.17, 15) is 5.11 Å². The van der Waals surface area contributed by atoms with Crippen molar-refractivity contribution in [3.63, 3.8) is 0 Å². The number of hydrogen-bond donors (Lipinski definition) is 3. The molecule has 108 valence electrons. The molecule has 0 spiro atoms.